The third kappa shape index (κ3) is 3.44. The van der Waals surface area contributed by atoms with Gasteiger partial charge in [-0.2, -0.15) is 13.2 Å². The Morgan fingerprint density at radius 3 is 2.41 bits per heavy atom. The minimum absolute atomic E-state index is 0.0547. The van der Waals surface area contributed by atoms with Crippen molar-refractivity contribution in [2.45, 2.75) is 38.1 Å². The van der Waals surface area contributed by atoms with E-state index in [1.165, 1.54) is 18.2 Å². The molecule has 1 aromatic rings. The van der Waals surface area contributed by atoms with Gasteiger partial charge in [0, 0.05) is 0 Å². The summed E-state index contributed by atoms with van der Waals surface area (Å²) in [5.41, 5.74) is 4.84. The Labute approximate surface area is 98.3 Å². The van der Waals surface area contributed by atoms with Crippen molar-refractivity contribution in [3.05, 3.63) is 35.4 Å². The van der Waals surface area contributed by atoms with Crippen LogP contribution in [-0.4, -0.2) is 11.2 Å². The molecule has 0 spiro atoms. The normalized spacial score (nSPS) is 15.6. The second-order valence-electron chi connectivity index (χ2n) is 3.97. The summed E-state index contributed by atoms with van der Waals surface area (Å²) >= 11 is 0. The monoisotopic (exact) mass is 247 g/mol. The Bertz CT molecular complexity index is 365. The van der Waals surface area contributed by atoms with Gasteiger partial charge in [0.2, 0.25) is 0 Å². The van der Waals surface area contributed by atoms with E-state index in [1.54, 1.807) is 0 Å². The van der Waals surface area contributed by atoms with E-state index in [-0.39, 0.29) is 5.56 Å². The van der Waals surface area contributed by atoms with E-state index >= 15 is 0 Å². The van der Waals surface area contributed by atoms with Gasteiger partial charge in [0.25, 0.3) is 0 Å². The van der Waals surface area contributed by atoms with E-state index in [4.69, 9.17) is 5.73 Å². The molecule has 0 aliphatic carbocycles. The summed E-state index contributed by atoms with van der Waals surface area (Å²) in [5, 5.41) is 9.67. The molecule has 17 heavy (non-hydrogen) atoms. The summed E-state index contributed by atoms with van der Waals surface area (Å²) in [6.07, 6.45) is -4.35. The van der Waals surface area contributed by atoms with Gasteiger partial charge in [-0.3, -0.25) is 0 Å². The van der Waals surface area contributed by atoms with Crippen LogP contribution in [-0.2, 0) is 6.18 Å². The Hall–Kier alpha value is -1.07. The molecule has 5 heteroatoms. The maximum absolute atomic E-state index is 12.7. The highest BCUT2D eigenvalue weighted by Gasteiger charge is 2.35. The molecule has 0 aliphatic rings. The number of hydrogen-bond donors (Lipinski definition) is 2. The highest BCUT2D eigenvalue weighted by atomic mass is 19.4. The number of aliphatic hydroxyl groups is 1. The first-order valence-corrected chi connectivity index (χ1v) is 5.47. The standard InChI is InChI=1S/C12H16F3NO/c1-2-5-10(17)11(16)8-6-3-4-7-9(8)12(13,14)15/h3-4,6-7,10-11,17H,2,5,16H2,1H3/t10-,11+/m0/s1. The Kier molecular flexibility index (Phi) is 4.54. The van der Waals surface area contributed by atoms with Crippen molar-refractivity contribution in [3.63, 3.8) is 0 Å². The number of nitrogens with two attached hydrogens (primary N) is 1. The predicted molar refractivity (Wildman–Crippen MR) is 59.3 cm³/mol. The molecule has 0 saturated carbocycles. The average Bonchev–Trinajstić information content (AvgIpc) is 2.27. The number of halogens is 3. The van der Waals surface area contributed by atoms with Crippen LogP contribution in [0.4, 0.5) is 13.2 Å². The smallest absolute Gasteiger partial charge is 0.391 e. The predicted octanol–water partition coefficient (Wildman–Crippen LogP) is 2.87. The van der Waals surface area contributed by atoms with E-state index < -0.39 is 23.9 Å². The lowest BCUT2D eigenvalue weighted by molar-refractivity contribution is -0.138. The third-order valence-electron chi connectivity index (χ3n) is 2.62. The van der Waals surface area contributed by atoms with E-state index in [2.05, 4.69) is 0 Å². The van der Waals surface area contributed by atoms with Gasteiger partial charge in [-0.25, -0.2) is 0 Å². The zero-order valence-corrected chi connectivity index (χ0v) is 9.54. The van der Waals surface area contributed by atoms with Gasteiger partial charge in [-0.05, 0) is 18.1 Å². The lowest BCUT2D eigenvalue weighted by Gasteiger charge is -2.22. The van der Waals surface area contributed by atoms with Crippen LogP contribution >= 0.6 is 0 Å². The molecule has 0 unspecified atom stereocenters. The minimum atomic E-state index is -4.44. The van der Waals surface area contributed by atoms with Gasteiger partial charge in [0.1, 0.15) is 0 Å². The fourth-order valence-corrected chi connectivity index (χ4v) is 1.73. The van der Waals surface area contributed by atoms with Crippen LogP contribution in [0.25, 0.3) is 0 Å². The molecule has 2 atom stereocenters. The average molecular weight is 247 g/mol. The molecule has 0 bridgehead atoms. The van der Waals surface area contributed by atoms with Gasteiger partial charge in [0.05, 0.1) is 17.7 Å². The second-order valence-corrected chi connectivity index (χ2v) is 3.97. The first kappa shape index (κ1) is 14.0. The lowest BCUT2D eigenvalue weighted by atomic mass is 9.94. The number of alkyl halides is 3. The zero-order valence-electron chi connectivity index (χ0n) is 9.54. The molecule has 0 heterocycles. The number of rotatable bonds is 4. The van der Waals surface area contributed by atoms with Crippen molar-refractivity contribution in [2.24, 2.45) is 5.73 Å². The molecule has 1 rings (SSSR count). The summed E-state index contributed by atoms with van der Waals surface area (Å²) in [6.45, 7) is 1.84. The van der Waals surface area contributed by atoms with Crippen LogP contribution in [0.5, 0.6) is 0 Å². The largest absolute Gasteiger partial charge is 0.416 e. The van der Waals surface area contributed by atoms with E-state index in [1.807, 2.05) is 6.92 Å². The van der Waals surface area contributed by atoms with Crippen molar-refractivity contribution in [1.29, 1.82) is 0 Å². The second kappa shape index (κ2) is 5.51. The maximum Gasteiger partial charge on any atom is 0.416 e. The molecule has 2 nitrogen and oxygen atoms in total. The van der Waals surface area contributed by atoms with E-state index in [0.717, 1.165) is 6.07 Å². The molecule has 0 aromatic heterocycles. The fraction of sp³-hybridized carbons (Fsp3) is 0.500. The van der Waals surface area contributed by atoms with Gasteiger partial charge >= 0.3 is 6.18 Å². The molecule has 0 radical (unpaired) electrons. The van der Waals surface area contributed by atoms with Crippen LogP contribution in [0.3, 0.4) is 0 Å². The van der Waals surface area contributed by atoms with Gasteiger partial charge in [0.15, 0.2) is 0 Å². The van der Waals surface area contributed by atoms with Crippen LogP contribution in [0.1, 0.15) is 36.9 Å². The quantitative estimate of drug-likeness (QED) is 0.859. The van der Waals surface area contributed by atoms with Crippen molar-refractivity contribution in [3.8, 4) is 0 Å². The Balaban J connectivity index is 3.05. The number of hydrogen-bond acceptors (Lipinski definition) is 2. The first-order chi connectivity index (χ1) is 7.88. The van der Waals surface area contributed by atoms with E-state index in [9.17, 15) is 18.3 Å². The van der Waals surface area contributed by atoms with Crippen LogP contribution < -0.4 is 5.73 Å². The van der Waals surface area contributed by atoms with Gasteiger partial charge in [-0.15, -0.1) is 0 Å². The Morgan fingerprint density at radius 1 is 1.29 bits per heavy atom. The highest BCUT2D eigenvalue weighted by molar-refractivity contribution is 5.32. The molecule has 0 amide bonds. The van der Waals surface area contributed by atoms with Gasteiger partial charge in [-0.1, -0.05) is 31.5 Å². The first-order valence-electron chi connectivity index (χ1n) is 5.47. The molecule has 0 fully saturated rings. The van der Waals surface area contributed by atoms with Crippen LogP contribution in [0.2, 0.25) is 0 Å². The van der Waals surface area contributed by atoms with Crippen molar-refractivity contribution < 1.29 is 18.3 Å². The molecular formula is C12H16F3NO. The molecule has 1 aromatic carbocycles. The zero-order chi connectivity index (χ0) is 13.1. The third-order valence-corrected chi connectivity index (χ3v) is 2.62. The Morgan fingerprint density at radius 2 is 1.88 bits per heavy atom. The van der Waals surface area contributed by atoms with Crippen molar-refractivity contribution >= 4 is 0 Å². The fourth-order valence-electron chi connectivity index (χ4n) is 1.73. The van der Waals surface area contributed by atoms with Crippen molar-refractivity contribution in [1.82, 2.24) is 0 Å². The molecule has 0 saturated heterocycles. The molecular weight excluding hydrogens is 231 g/mol. The topological polar surface area (TPSA) is 46.2 Å². The van der Waals surface area contributed by atoms with Gasteiger partial charge < -0.3 is 10.8 Å². The summed E-state index contributed by atoms with van der Waals surface area (Å²) in [5.74, 6) is 0. The number of aliphatic hydroxyl groups excluding tert-OH is 1. The minimum Gasteiger partial charge on any atom is -0.391 e. The molecule has 0 aliphatic heterocycles. The maximum atomic E-state index is 12.7. The lowest BCUT2D eigenvalue weighted by Crippen LogP contribution is -2.28. The number of benzene rings is 1. The summed E-state index contributed by atoms with van der Waals surface area (Å²) in [6, 6.07) is 4.09. The summed E-state index contributed by atoms with van der Waals surface area (Å²) in [7, 11) is 0. The van der Waals surface area contributed by atoms with Crippen molar-refractivity contribution in [2.75, 3.05) is 0 Å². The van der Waals surface area contributed by atoms with E-state index in [0.29, 0.717) is 12.8 Å². The molecule has 96 valence electrons. The van der Waals surface area contributed by atoms with Crippen LogP contribution in [0, 0.1) is 0 Å². The highest BCUT2D eigenvalue weighted by Crippen LogP contribution is 2.35. The summed E-state index contributed by atoms with van der Waals surface area (Å²) < 4.78 is 38.2. The molecule has 3 N–H and O–H groups in total. The van der Waals surface area contributed by atoms with Crippen LogP contribution in [0.15, 0.2) is 24.3 Å². The SMILES string of the molecule is CCC[C@H](O)[C@H](N)c1ccccc1C(F)(F)F. The summed E-state index contributed by atoms with van der Waals surface area (Å²) in [4.78, 5) is 0.